The lowest BCUT2D eigenvalue weighted by Crippen LogP contribution is -2.33. The molecule has 170 valence electrons. The van der Waals surface area contributed by atoms with Crippen molar-refractivity contribution in [1.29, 1.82) is 0 Å². The zero-order valence-corrected chi connectivity index (χ0v) is 20.1. The highest BCUT2D eigenvalue weighted by molar-refractivity contribution is 5.87. The van der Waals surface area contributed by atoms with Crippen molar-refractivity contribution in [3.05, 3.63) is 107 Å². The summed E-state index contributed by atoms with van der Waals surface area (Å²) in [6.45, 7) is 9.19. The lowest BCUT2D eigenvalue weighted by atomic mass is 9.87. The third-order valence-corrected chi connectivity index (χ3v) is 6.52. The number of amides is 1. The van der Waals surface area contributed by atoms with Crippen LogP contribution in [0.1, 0.15) is 60.4 Å². The van der Waals surface area contributed by atoms with Crippen molar-refractivity contribution in [2.75, 3.05) is 0 Å². The Morgan fingerprint density at radius 2 is 1.70 bits per heavy atom. The first-order valence-electron chi connectivity index (χ1n) is 11.9. The molecule has 0 aliphatic heterocycles. The minimum atomic E-state index is -0.00174. The number of hydrogen-bond donors (Lipinski definition) is 1. The summed E-state index contributed by atoms with van der Waals surface area (Å²) in [5.74, 6) is 0.101. The molecule has 0 radical (unpaired) electrons. The first kappa shape index (κ1) is 22.8. The van der Waals surface area contributed by atoms with E-state index in [9.17, 15) is 4.79 Å². The van der Waals surface area contributed by atoms with Gasteiger partial charge in [0, 0.05) is 42.0 Å². The number of carbonyl (C=O) groups excluding carboxylic acids is 1. The van der Waals surface area contributed by atoms with Gasteiger partial charge in [0.1, 0.15) is 0 Å². The molecular weight excluding hydrogens is 404 g/mol. The van der Waals surface area contributed by atoms with Gasteiger partial charge in [-0.2, -0.15) is 0 Å². The van der Waals surface area contributed by atoms with Gasteiger partial charge in [-0.25, -0.2) is 0 Å². The second-order valence-corrected chi connectivity index (χ2v) is 9.26. The van der Waals surface area contributed by atoms with Gasteiger partial charge < -0.3 is 9.88 Å². The number of para-hydroxylation sites is 1. The number of aryl methyl sites for hydroxylation is 2. The molecule has 4 aromatic rings. The second kappa shape index (κ2) is 10.1. The summed E-state index contributed by atoms with van der Waals surface area (Å²) in [7, 11) is 0. The molecule has 33 heavy (non-hydrogen) atoms. The Morgan fingerprint density at radius 1 is 0.939 bits per heavy atom. The van der Waals surface area contributed by atoms with Crippen LogP contribution in [-0.4, -0.2) is 16.5 Å². The van der Waals surface area contributed by atoms with Crippen LogP contribution < -0.4 is 5.32 Å². The lowest BCUT2D eigenvalue weighted by molar-refractivity contribution is -0.121. The molecule has 0 aliphatic rings. The average Bonchev–Trinajstić information content (AvgIpc) is 3.17. The summed E-state index contributed by atoms with van der Waals surface area (Å²) < 4.78 is 2.32. The van der Waals surface area contributed by atoms with Crippen LogP contribution in [0.2, 0.25) is 0 Å². The monoisotopic (exact) mass is 438 g/mol. The topological polar surface area (TPSA) is 34.0 Å². The van der Waals surface area contributed by atoms with Crippen LogP contribution in [0.15, 0.2) is 79.0 Å². The molecule has 1 aromatic heterocycles. The summed E-state index contributed by atoms with van der Waals surface area (Å²) >= 11 is 0. The van der Waals surface area contributed by atoms with Gasteiger partial charge in [-0.1, -0.05) is 84.8 Å². The van der Waals surface area contributed by atoms with Gasteiger partial charge in [-0.05, 0) is 49.9 Å². The fraction of sp³-hybridized carbons (Fsp3) is 0.300. The van der Waals surface area contributed by atoms with Gasteiger partial charge in [0.05, 0.1) is 0 Å². The van der Waals surface area contributed by atoms with E-state index in [0.717, 1.165) is 13.0 Å². The third kappa shape index (κ3) is 5.36. The number of nitrogens with one attached hydrogen (secondary N) is 1. The third-order valence-electron chi connectivity index (χ3n) is 6.52. The fourth-order valence-electron chi connectivity index (χ4n) is 4.49. The predicted molar refractivity (Wildman–Crippen MR) is 138 cm³/mol. The Hall–Kier alpha value is -3.33. The van der Waals surface area contributed by atoms with Gasteiger partial charge in [-0.15, -0.1) is 0 Å². The van der Waals surface area contributed by atoms with E-state index < -0.39 is 0 Å². The quantitative estimate of drug-likeness (QED) is 0.325. The Bertz CT molecular complexity index is 1240. The molecular formula is C30H34N2O. The molecule has 1 heterocycles. The lowest BCUT2D eigenvalue weighted by Gasteiger charge is -2.19. The zero-order chi connectivity index (χ0) is 23.4. The summed E-state index contributed by atoms with van der Waals surface area (Å²) in [5, 5.41) is 4.38. The highest BCUT2D eigenvalue weighted by Gasteiger charge is 2.23. The van der Waals surface area contributed by atoms with E-state index in [4.69, 9.17) is 0 Å². The van der Waals surface area contributed by atoms with Crippen LogP contribution in [0.25, 0.3) is 10.9 Å². The first-order valence-corrected chi connectivity index (χ1v) is 11.9. The van der Waals surface area contributed by atoms with Crippen LogP contribution in [-0.2, 0) is 11.3 Å². The standard InChI is InChI=1S/C30H34N2O/c1-5-23(4)31-30(33)18-27(25-10-8-9-22(3)17-25)28-20-32(29-12-7-6-11-26(28)29)19-24-15-13-21(2)14-16-24/h6-17,20,23,27H,5,18-19H2,1-4H3,(H,31,33)/t23-,27-/m0/s1. The Labute approximate surface area is 197 Å². The van der Waals surface area contributed by atoms with E-state index in [0.29, 0.717) is 6.42 Å². The van der Waals surface area contributed by atoms with E-state index in [1.165, 1.54) is 38.7 Å². The highest BCUT2D eigenvalue weighted by atomic mass is 16.1. The van der Waals surface area contributed by atoms with Crippen molar-refractivity contribution in [3.63, 3.8) is 0 Å². The molecule has 1 amide bonds. The maximum Gasteiger partial charge on any atom is 0.221 e. The van der Waals surface area contributed by atoms with Crippen molar-refractivity contribution < 1.29 is 4.79 Å². The average molecular weight is 439 g/mol. The largest absolute Gasteiger partial charge is 0.354 e. The van der Waals surface area contributed by atoms with Crippen molar-refractivity contribution in [3.8, 4) is 0 Å². The molecule has 2 atom stereocenters. The summed E-state index contributed by atoms with van der Waals surface area (Å²) in [4.78, 5) is 13.0. The molecule has 0 fully saturated rings. The molecule has 3 heteroatoms. The SMILES string of the molecule is CC[C@H](C)NC(=O)C[C@@H](c1cccc(C)c1)c1cn(Cc2ccc(C)cc2)c2ccccc12. The molecule has 0 saturated carbocycles. The van der Waals surface area contributed by atoms with E-state index in [-0.39, 0.29) is 17.9 Å². The molecule has 4 rings (SSSR count). The van der Waals surface area contributed by atoms with Gasteiger partial charge in [-0.3, -0.25) is 4.79 Å². The van der Waals surface area contributed by atoms with Crippen LogP contribution in [0.5, 0.6) is 0 Å². The molecule has 0 unspecified atom stereocenters. The second-order valence-electron chi connectivity index (χ2n) is 9.26. The van der Waals surface area contributed by atoms with Crippen LogP contribution in [0, 0.1) is 13.8 Å². The van der Waals surface area contributed by atoms with Crippen LogP contribution >= 0.6 is 0 Å². The molecule has 3 nitrogen and oxygen atoms in total. The maximum atomic E-state index is 13.0. The minimum Gasteiger partial charge on any atom is -0.354 e. The van der Waals surface area contributed by atoms with Crippen LogP contribution in [0.4, 0.5) is 0 Å². The smallest absolute Gasteiger partial charge is 0.221 e. The van der Waals surface area contributed by atoms with Crippen LogP contribution in [0.3, 0.4) is 0 Å². The van der Waals surface area contributed by atoms with Crippen molar-refractivity contribution in [1.82, 2.24) is 9.88 Å². The van der Waals surface area contributed by atoms with E-state index in [1.54, 1.807) is 0 Å². The normalized spacial score (nSPS) is 13.1. The molecule has 0 spiro atoms. The Balaban J connectivity index is 1.77. The number of hydrogen-bond acceptors (Lipinski definition) is 1. The van der Waals surface area contributed by atoms with E-state index in [2.05, 4.69) is 117 Å². The molecule has 0 bridgehead atoms. The molecule has 1 N–H and O–H groups in total. The summed E-state index contributed by atoms with van der Waals surface area (Å²) in [5.41, 5.74) is 7.35. The summed E-state index contributed by atoms with van der Waals surface area (Å²) in [6, 6.07) is 26.0. The molecule has 0 aliphatic carbocycles. The fourth-order valence-corrected chi connectivity index (χ4v) is 4.49. The maximum absolute atomic E-state index is 13.0. The van der Waals surface area contributed by atoms with E-state index in [1.807, 2.05) is 0 Å². The number of carbonyl (C=O) groups is 1. The van der Waals surface area contributed by atoms with Crippen molar-refractivity contribution >= 4 is 16.8 Å². The first-order chi connectivity index (χ1) is 15.9. The van der Waals surface area contributed by atoms with Gasteiger partial charge in [0.25, 0.3) is 0 Å². The molecule has 0 saturated heterocycles. The van der Waals surface area contributed by atoms with Crippen molar-refractivity contribution in [2.45, 2.75) is 59.0 Å². The van der Waals surface area contributed by atoms with Gasteiger partial charge >= 0.3 is 0 Å². The van der Waals surface area contributed by atoms with Gasteiger partial charge in [0.15, 0.2) is 0 Å². The zero-order valence-electron chi connectivity index (χ0n) is 20.1. The van der Waals surface area contributed by atoms with Crippen molar-refractivity contribution in [2.24, 2.45) is 0 Å². The Morgan fingerprint density at radius 3 is 2.42 bits per heavy atom. The number of rotatable bonds is 8. The summed E-state index contributed by atoms with van der Waals surface area (Å²) in [6.07, 6.45) is 3.62. The minimum absolute atomic E-state index is 0.00174. The van der Waals surface area contributed by atoms with Gasteiger partial charge in [0.2, 0.25) is 5.91 Å². The number of nitrogens with zero attached hydrogens (tertiary/aromatic N) is 1. The number of fused-ring (bicyclic) bond motifs is 1. The van der Waals surface area contributed by atoms with E-state index >= 15 is 0 Å². The predicted octanol–water partition coefficient (Wildman–Crippen LogP) is 6.74. The molecule has 3 aromatic carbocycles. The Kier molecular flexibility index (Phi) is 6.98. The number of benzene rings is 3. The number of aromatic nitrogens is 1. The highest BCUT2D eigenvalue weighted by Crippen LogP contribution is 2.35.